The molecule has 0 heterocycles. The molecular formula is C17H20N2O4S. The lowest BCUT2D eigenvalue weighted by molar-refractivity contribution is -0.130. The first-order valence-electron chi connectivity index (χ1n) is 7.31. The van der Waals surface area contributed by atoms with Crippen molar-refractivity contribution in [2.75, 3.05) is 25.4 Å². The van der Waals surface area contributed by atoms with Gasteiger partial charge >= 0.3 is 0 Å². The van der Waals surface area contributed by atoms with Gasteiger partial charge in [0.1, 0.15) is 5.75 Å². The van der Waals surface area contributed by atoms with Crippen molar-refractivity contribution in [3.05, 3.63) is 54.1 Å². The first-order chi connectivity index (χ1) is 11.3. The van der Waals surface area contributed by atoms with Gasteiger partial charge in [-0.3, -0.25) is 9.52 Å². The molecule has 0 fully saturated rings. The van der Waals surface area contributed by atoms with Gasteiger partial charge in [-0.1, -0.05) is 18.2 Å². The van der Waals surface area contributed by atoms with Crippen LogP contribution in [-0.2, 0) is 14.8 Å². The summed E-state index contributed by atoms with van der Waals surface area (Å²) in [6.07, 6.45) is 0. The second kappa shape index (κ2) is 7.35. The lowest BCUT2D eigenvalue weighted by atomic mass is 10.2. The van der Waals surface area contributed by atoms with Gasteiger partial charge in [-0.25, -0.2) is 8.42 Å². The smallest absolute Gasteiger partial charge is 0.261 e. The number of nitrogens with zero attached hydrogens (tertiary/aromatic N) is 1. The van der Waals surface area contributed by atoms with Crippen LogP contribution in [0.5, 0.6) is 5.75 Å². The lowest BCUT2D eigenvalue weighted by Gasteiger charge is -2.12. The zero-order valence-corrected chi connectivity index (χ0v) is 14.6. The second-order valence-corrected chi connectivity index (χ2v) is 7.15. The summed E-state index contributed by atoms with van der Waals surface area (Å²) >= 11 is 0. The summed E-state index contributed by atoms with van der Waals surface area (Å²) in [6.45, 7) is 1.73. The number of carbonyl (C=O) groups excluding carboxylic acids is 1. The van der Waals surface area contributed by atoms with Crippen LogP contribution in [0.2, 0.25) is 0 Å². The Balaban J connectivity index is 2.09. The van der Waals surface area contributed by atoms with Gasteiger partial charge < -0.3 is 9.64 Å². The average molecular weight is 348 g/mol. The van der Waals surface area contributed by atoms with E-state index in [4.69, 9.17) is 4.74 Å². The van der Waals surface area contributed by atoms with Crippen LogP contribution in [0.25, 0.3) is 0 Å². The number of sulfonamides is 1. The Morgan fingerprint density at radius 2 is 1.71 bits per heavy atom. The van der Waals surface area contributed by atoms with Crippen LogP contribution in [0.1, 0.15) is 5.56 Å². The van der Waals surface area contributed by atoms with Crippen LogP contribution in [0.4, 0.5) is 5.69 Å². The number of benzene rings is 2. The molecule has 1 N–H and O–H groups in total. The highest BCUT2D eigenvalue weighted by molar-refractivity contribution is 7.92. The number of ether oxygens (including phenoxy) is 1. The van der Waals surface area contributed by atoms with Crippen LogP contribution >= 0.6 is 0 Å². The van der Waals surface area contributed by atoms with Gasteiger partial charge in [0.25, 0.3) is 15.9 Å². The Labute approximate surface area is 142 Å². The number of anilines is 1. The number of rotatable bonds is 6. The molecule has 0 spiro atoms. The highest BCUT2D eigenvalue weighted by Crippen LogP contribution is 2.21. The number of amides is 1. The van der Waals surface area contributed by atoms with Gasteiger partial charge in [0.05, 0.1) is 10.6 Å². The summed E-state index contributed by atoms with van der Waals surface area (Å²) in [4.78, 5) is 13.0. The topological polar surface area (TPSA) is 75.7 Å². The van der Waals surface area contributed by atoms with Crippen molar-refractivity contribution in [2.24, 2.45) is 0 Å². The average Bonchev–Trinajstić information content (AvgIpc) is 2.55. The Hall–Kier alpha value is -2.54. The zero-order valence-electron chi connectivity index (χ0n) is 13.8. The maximum atomic E-state index is 12.4. The molecule has 24 heavy (non-hydrogen) atoms. The van der Waals surface area contributed by atoms with Gasteiger partial charge in [0.15, 0.2) is 6.61 Å². The Morgan fingerprint density at radius 1 is 1.08 bits per heavy atom. The van der Waals surface area contributed by atoms with Gasteiger partial charge in [0.2, 0.25) is 0 Å². The van der Waals surface area contributed by atoms with E-state index in [1.165, 1.54) is 29.2 Å². The van der Waals surface area contributed by atoms with Crippen molar-refractivity contribution in [3.8, 4) is 5.75 Å². The minimum absolute atomic E-state index is 0.0967. The predicted octanol–water partition coefficient (Wildman–Crippen LogP) is 2.26. The minimum atomic E-state index is -3.68. The van der Waals surface area contributed by atoms with E-state index in [0.717, 1.165) is 5.56 Å². The van der Waals surface area contributed by atoms with Gasteiger partial charge in [0, 0.05) is 14.1 Å². The van der Waals surface area contributed by atoms with Crippen LogP contribution in [0, 0.1) is 6.92 Å². The van der Waals surface area contributed by atoms with Crippen LogP contribution in [-0.4, -0.2) is 39.9 Å². The molecule has 2 aromatic rings. The molecular weight excluding hydrogens is 328 g/mol. The van der Waals surface area contributed by atoms with Gasteiger partial charge in [-0.15, -0.1) is 0 Å². The monoisotopic (exact) mass is 348 g/mol. The molecule has 6 nitrogen and oxygen atoms in total. The quantitative estimate of drug-likeness (QED) is 0.869. The van der Waals surface area contributed by atoms with Gasteiger partial charge in [-0.05, 0) is 42.8 Å². The molecule has 0 radical (unpaired) electrons. The molecule has 2 aromatic carbocycles. The molecule has 0 saturated carbocycles. The summed E-state index contributed by atoms with van der Waals surface area (Å²) in [5.41, 5.74) is 1.37. The standard InChI is InChI=1S/C17H20N2O4S/c1-13-6-4-5-7-16(13)18-24(21,22)15-10-8-14(9-11-15)23-12-17(20)19(2)3/h4-11,18H,12H2,1-3H3. The van der Waals surface area contributed by atoms with Crippen molar-refractivity contribution in [1.82, 2.24) is 4.90 Å². The third-order valence-corrected chi connectivity index (χ3v) is 4.77. The van der Waals surface area contributed by atoms with E-state index in [0.29, 0.717) is 11.4 Å². The number of para-hydroxylation sites is 1. The summed E-state index contributed by atoms with van der Waals surface area (Å²) in [6, 6.07) is 13.1. The lowest BCUT2D eigenvalue weighted by Crippen LogP contribution is -2.27. The number of hydrogen-bond acceptors (Lipinski definition) is 4. The molecule has 0 aliphatic carbocycles. The molecule has 1 amide bonds. The van der Waals surface area contributed by atoms with Crippen molar-refractivity contribution in [3.63, 3.8) is 0 Å². The van der Waals surface area contributed by atoms with E-state index in [-0.39, 0.29) is 17.4 Å². The zero-order chi connectivity index (χ0) is 17.7. The Morgan fingerprint density at radius 3 is 2.29 bits per heavy atom. The molecule has 7 heteroatoms. The van der Waals surface area contributed by atoms with Crippen LogP contribution in [0.3, 0.4) is 0 Å². The van der Waals surface area contributed by atoms with Crippen molar-refractivity contribution in [2.45, 2.75) is 11.8 Å². The van der Waals surface area contributed by atoms with Crippen molar-refractivity contribution < 1.29 is 17.9 Å². The molecule has 0 atom stereocenters. The van der Waals surface area contributed by atoms with Crippen molar-refractivity contribution in [1.29, 1.82) is 0 Å². The molecule has 0 bridgehead atoms. The number of aryl methyl sites for hydroxylation is 1. The normalized spacial score (nSPS) is 11.0. The summed E-state index contributed by atoms with van der Waals surface area (Å²) in [7, 11) is -0.403. The fourth-order valence-corrected chi connectivity index (χ4v) is 3.01. The molecule has 0 aromatic heterocycles. The van der Waals surface area contributed by atoms with E-state index in [2.05, 4.69) is 4.72 Å². The fourth-order valence-electron chi connectivity index (χ4n) is 1.88. The van der Waals surface area contributed by atoms with E-state index in [1.54, 1.807) is 26.2 Å². The van der Waals surface area contributed by atoms with Crippen LogP contribution in [0.15, 0.2) is 53.4 Å². The Kier molecular flexibility index (Phi) is 5.46. The first kappa shape index (κ1) is 17.8. The SMILES string of the molecule is Cc1ccccc1NS(=O)(=O)c1ccc(OCC(=O)N(C)C)cc1. The number of carbonyl (C=O) groups is 1. The molecule has 0 aliphatic rings. The molecule has 2 rings (SSSR count). The predicted molar refractivity (Wildman–Crippen MR) is 92.6 cm³/mol. The highest BCUT2D eigenvalue weighted by atomic mass is 32.2. The fraction of sp³-hybridized carbons (Fsp3) is 0.235. The minimum Gasteiger partial charge on any atom is -0.484 e. The highest BCUT2D eigenvalue weighted by Gasteiger charge is 2.15. The number of hydrogen-bond donors (Lipinski definition) is 1. The maximum absolute atomic E-state index is 12.4. The molecule has 0 saturated heterocycles. The third-order valence-electron chi connectivity index (χ3n) is 3.38. The van der Waals surface area contributed by atoms with E-state index < -0.39 is 10.0 Å². The summed E-state index contributed by atoms with van der Waals surface area (Å²) in [5, 5.41) is 0. The number of nitrogens with one attached hydrogen (secondary N) is 1. The molecule has 0 aliphatic heterocycles. The Bertz CT molecular complexity index is 815. The van der Waals surface area contributed by atoms with E-state index in [1.807, 2.05) is 19.1 Å². The van der Waals surface area contributed by atoms with E-state index in [9.17, 15) is 13.2 Å². The second-order valence-electron chi connectivity index (χ2n) is 5.47. The van der Waals surface area contributed by atoms with Crippen molar-refractivity contribution >= 4 is 21.6 Å². The number of likely N-dealkylation sites (N-methyl/N-ethyl adjacent to an activating group) is 1. The molecule has 128 valence electrons. The first-order valence-corrected chi connectivity index (χ1v) is 8.79. The van der Waals surface area contributed by atoms with Crippen LogP contribution < -0.4 is 9.46 Å². The van der Waals surface area contributed by atoms with Gasteiger partial charge in [-0.2, -0.15) is 0 Å². The third kappa shape index (κ3) is 4.48. The largest absolute Gasteiger partial charge is 0.484 e. The van der Waals surface area contributed by atoms with E-state index >= 15 is 0 Å². The maximum Gasteiger partial charge on any atom is 0.261 e. The summed E-state index contributed by atoms with van der Waals surface area (Å²) < 4.78 is 32.7. The summed E-state index contributed by atoms with van der Waals surface area (Å²) in [5.74, 6) is 0.257. The molecule has 0 unspecified atom stereocenters.